The SMILES string of the molecule is O=C(OCC(F)(F)SOOO)C12CC3CC(C1)C1(OCC(COC(=O)C45CC6CC(CC(O)(C6)C4)C5)(COC(=O)C45CC6CC(CC(O)(C6)C4)C5)CO1)C(C3)C2. The summed E-state index contributed by atoms with van der Waals surface area (Å²) in [7, 11) is 0. The van der Waals surface area contributed by atoms with Gasteiger partial charge in [0.2, 0.25) is 0 Å². The van der Waals surface area contributed by atoms with Gasteiger partial charge >= 0.3 is 23.2 Å². The molecule has 6 atom stereocenters. The number of aliphatic hydroxyl groups is 2. The van der Waals surface area contributed by atoms with E-state index in [0.717, 1.165) is 51.4 Å². The Kier molecular flexibility index (Phi) is 8.89. The van der Waals surface area contributed by atoms with Crippen molar-refractivity contribution in [3.8, 4) is 0 Å². The number of alkyl halides is 2. The molecular weight excluding hydrogens is 758 g/mol. The van der Waals surface area contributed by atoms with Crippen LogP contribution in [0.1, 0.15) is 109 Å². The first-order valence-electron chi connectivity index (χ1n) is 20.8. The van der Waals surface area contributed by atoms with Crippen LogP contribution in [-0.4, -0.2) is 88.7 Å². The normalized spacial score (nSPS) is 50.4. The molecule has 13 aliphatic rings. The second kappa shape index (κ2) is 12.9. The van der Waals surface area contributed by atoms with Crippen LogP contribution in [0, 0.1) is 63.1 Å². The smallest absolute Gasteiger partial charge is 0.354 e. The van der Waals surface area contributed by atoms with E-state index < -0.39 is 68.5 Å². The van der Waals surface area contributed by atoms with Crippen molar-refractivity contribution in [3.05, 3.63) is 0 Å². The number of rotatable bonds is 12. The maximum atomic E-state index is 14.2. The van der Waals surface area contributed by atoms with Crippen molar-refractivity contribution in [2.45, 2.75) is 131 Å². The van der Waals surface area contributed by atoms with E-state index in [0.29, 0.717) is 81.5 Å². The predicted molar refractivity (Wildman–Crippen MR) is 187 cm³/mol. The van der Waals surface area contributed by atoms with Crippen LogP contribution < -0.4 is 0 Å². The van der Waals surface area contributed by atoms with Gasteiger partial charge in [0.15, 0.2) is 12.4 Å². The zero-order valence-corrected chi connectivity index (χ0v) is 32.5. The minimum absolute atomic E-state index is 0.0728. The Balaban J connectivity index is 0.853. The largest absolute Gasteiger partial charge is 0.464 e. The Hall–Kier alpha value is -1.66. The fourth-order valence-corrected chi connectivity index (χ4v) is 15.7. The van der Waals surface area contributed by atoms with Gasteiger partial charge in [-0.25, -0.2) is 5.26 Å². The number of esters is 3. The molecule has 13 rings (SSSR count). The minimum atomic E-state index is -3.64. The van der Waals surface area contributed by atoms with E-state index in [-0.39, 0.29) is 56.1 Å². The second-order valence-corrected chi connectivity index (χ2v) is 21.8. The highest BCUT2D eigenvalue weighted by molar-refractivity contribution is 7.95. The number of hydrogen-bond acceptors (Lipinski definition) is 14. The van der Waals surface area contributed by atoms with Crippen LogP contribution in [0.2, 0.25) is 0 Å². The van der Waals surface area contributed by atoms with Crippen molar-refractivity contribution in [2.24, 2.45) is 63.1 Å². The van der Waals surface area contributed by atoms with Gasteiger partial charge in [0, 0.05) is 11.8 Å². The lowest BCUT2D eigenvalue weighted by atomic mass is 9.47. The third-order valence-corrected chi connectivity index (χ3v) is 17.0. The van der Waals surface area contributed by atoms with Crippen LogP contribution in [0.5, 0.6) is 0 Å². The molecule has 3 N–H and O–H groups in total. The molecule has 6 unspecified atom stereocenters. The van der Waals surface area contributed by atoms with Crippen molar-refractivity contribution in [3.63, 3.8) is 0 Å². The maximum Gasteiger partial charge on any atom is 0.354 e. The minimum Gasteiger partial charge on any atom is -0.464 e. The number of carbonyl (C=O) groups is 3. The van der Waals surface area contributed by atoms with Crippen LogP contribution in [-0.2, 0) is 47.4 Å². The van der Waals surface area contributed by atoms with E-state index in [4.69, 9.17) is 28.9 Å². The number of hydrogen-bond donors (Lipinski definition) is 3. The molecule has 1 spiro atoms. The molecule has 312 valence electrons. The molecule has 0 aromatic carbocycles. The van der Waals surface area contributed by atoms with Gasteiger partial charge in [-0.05, 0) is 139 Å². The Morgan fingerprint density at radius 1 is 0.625 bits per heavy atom. The van der Waals surface area contributed by atoms with E-state index >= 15 is 0 Å². The highest BCUT2D eigenvalue weighted by atomic mass is 32.2. The van der Waals surface area contributed by atoms with Gasteiger partial charge in [-0.2, -0.15) is 8.78 Å². The molecule has 0 aromatic heterocycles. The zero-order valence-electron chi connectivity index (χ0n) is 31.7. The van der Waals surface area contributed by atoms with Gasteiger partial charge < -0.3 is 33.9 Å². The Morgan fingerprint density at radius 3 is 1.52 bits per heavy atom. The van der Waals surface area contributed by atoms with Crippen LogP contribution in [0.4, 0.5) is 8.78 Å². The summed E-state index contributed by atoms with van der Waals surface area (Å²) < 4.78 is 63.5. The Bertz CT molecular complexity index is 1520. The van der Waals surface area contributed by atoms with Gasteiger partial charge in [0.1, 0.15) is 25.3 Å². The van der Waals surface area contributed by atoms with Crippen molar-refractivity contribution in [1.82, 2.24) is 0 Å². The van der Waals surface area contributed by atoms with E-state index in [1.165, 1.54) is 0 Å². The van der Waals surface area contributed by atoms with Crippen LogP contribution in [0.3, 0.4) is 0 Å². The second-order valence-electron chi connectivity index (χ2n) is 20.9. The third-order valence-electron chi connectivity index (χ3n) is 16.5. The molecule has 12 saturated carbocycles. The number of ether oxygens (including phenoxy) is 5. The highest BCUT2D eigenvalue weighted by Gasteiger charge is 2.69. The molecule has 1 saturated heterocycles. The molecule has 12 aliphatic carbocycles. The lowest BCUT2D eigenvalue weighted by Gasteiger charge is -2.65. The van der Waals surface area contributed by atoms with E-state index in [2.05, 4.69) is 9.37 Å². The van der Waals surface area contributed by atoms with E-state index in [9.17, 15) is 33.4 Å². The summed E-state index contributed by atoms with van der Waals surface area (Å²) in [6, 6.07) is 0. The number of carbonyl (C=O) groups excluding carboxylic acids is 3. The summed E-state index contributed by atoms with van der Waals surface area (Å²) in [5.41, 5.74) is -5.15. The quantitative estimate of drug-likeness (QED) is 0.0741. The van der Waals surface area contributed by atoms with Crippen molar-refractivity contribution < 1.29 is 71.7 Å². The van der Waals surface area contributed by atoms with Gasteiger partial charge in [0.25, 0.3) is 0 Å². The lowest BCUT2D eigenvalue weighted by molar-refractivity contribution is -0.433. The predicted octanol–water partition coefficient (Wildman–Crippen LogP) is 5.50. The molecule has 13 nitrogen and oxygen atoms in total. The summed E-state index contributed by atoms with van der Waals surface area (Å²) in [6.07, 6.45) is 11.2. The van der Waals surface area contributed by atoms with Crippen LogP contribution in [0.25, 0.3) is 0 Å². The monoisotopic (exact) mass is 812 g/mol. The highest BCUT2D eigenvalue weighted by Crippen LogP contribution is 2.67. The van der Waals surface area contributed by atoms with Crippen molar-refractivity contribution in [2.75, 3.05) is 33.0 Å². The molecule has 0 radical (unpaired) electrons. The first-order valence-corrected chi connectivity index (χ1v) is 21.5. The van der Waals surface area contributed by atoms with Crippen molar-refractivity contribution >= 4 is 30.0 Å². The van der Waals surface area contributed by atoms with Crippen molar-refractivity contribution in [1.29, 1.82) is 0 Å². The standard InChI is InChI=1S/C40H54F2O13S/c41-39(42,56-55-54-48)22-51-30(43)34-5-23-3-28(14-34)40(29(4-23)15-34)52-20-33(21-53-40,18-49-31(44)35-6-24-1-25(7-35)11-37(46,10-24)16-35)19-50-32(45)36-8-26-2-27(9-36)13-38(47,12-26)17-36/h23-29,46-48H,1-22H2. The third kappa shape index (κ3) is 6.27. The van der Waals surface area contributed by atoms with Gasteiger partial charge in [-0.1, -0.05) is 5.04 Å². The summed E-state index contributed by atoms with van der Waals surface area (Å²) >= 11 is -0.454. The van der Waals surface area contributed by atoms with Crippen LogP contribution >= 0.6 is 12.0 Å². The molecule has 0 amide bonds. The summed E-state index contributed by atoms with van der Waals surface area (Å²) in [6.45, 7) is -1.30. The summed E-state index contributed by atoms with van der Waals surface area (Å²) in [5, 5.41) is 30.6. The molecule has 1 aliphatic heterocycles. The Labute approximate surface area is 328 Å². The van der Waals surface area contributed by atoms with Gasteiger partial charge in [0.05, 0.1) is 46.1 Å². The lowest BCUT2D eigenvalue weighted by Crippen LogP contribution is -2.68. The zero-order chi connectivity index (χ0) is 39.0. The average Bonchev–Trinajstić information content (AvgIpc) is 3.11. The summed E-state index contributed by atoms with van der Waals surface area (Å²) in [5.74, 6) is -1.49. The van der Waals surface area contributed by atoms with Gasteiger partial charge in [-0.15, -0.1) is 4.33 Å². The molecule has 0 aromatic rings. The topological polar surface area (TPSA) is 177 Å². The number of halogens is 2. The maximum absolute atomic E-state index is 14.2. The van der Waals surface area contributed by atoms with Crippen LogP contribution in [0.15, 0.2) is 0 Å². The first-order chi connectivity index (χ1) is 26.5. The molecular formula is C40H54F2O13S. The van der Waals surface area contributed by atoms with Gasteiger partial charge in [-0.3, -0.25) is 14.4 Å². The molecule has 12 bridgehead atoms. The summed E-state index contributed by atoms with van der Waals surface area (Å²) in [4.78, 5) is 41.7. The average molecular weight is 813 g/mol. The Morgan fingerprint density at radius 2 is 1.07 bits per heavy atom. The van der Waals surface area contributed by atoms with E-state index in [1.54, 1.807) is 0 Å². The fourth-order valence-electron chi connectivity index (χ4n) is 15.5. The molecule has 13 fully saturated rings. The first kappa shape index (κ1) is 38.5. The molecule has 1 heterocycles. The molecule has 56 heavy (non-hydrogen) atoms. The van der Waals surface area contributed by atoms with E-state index in [1.807, 2.05) is 0 Å². The fraction of sp³-hybridized carbons (Fsp3) is 0.925. The molecule has 16 heteroatoms.